The minimum atomic E-state index is -0.164. The van der Waals surface area contributed by atoms with Gasteiger partial charge in [-0.2, -0.15) is 0 Å². The molecule has 0 aromatic heterocycles. The van der Waals surface area contributed by atoms with E-state index in [0.717, 1.165) is 6.42 Å². The van der Waals surface area contributed by atoms with E-state index >= 15 is 0 Å². The van der Waals surface area contributed by atoms with Gasteiger partial charge in [0.25, 0.3) is 5.91 Å². The first kappa shape index (κ1) is 15.8. The van der Waals surface area contributed by atoms with Gasteiger partial charge in [-0.1, -0.05) is 20.8 Å². The number of alkyl halides is 1. The van der Waals surface area contributed by atoms with E-state index in [0.29, 0.717) is 17.7 Å². The molecule has 1 aromatic rings. The molecule has 0 spiro atoms. The van der Waals surface area contributed by atoms with Crippen LogP contribution in [-0.2, 0) is 0 Å². The van der Waals surface area contributed by atoms with E-state index in [2.05, 4.69) is 26.1 Å². The second kappa shape index (κ2) is 6.29. The molecule has 0 bridgehead atoms. The molecule has 4 heteroatoms. The molecule has 0 aliphatic carbocycles. The minimum absolute atomic E-state index is 0.0813. The Kier molecular flexibility index (Phi) is 5.24. The monoisotopic (exact) mass is 283 g/mol. The van der Waals surface area contributed by atoms with Crippen LogP contribution in [0.15, 0.2) is 18.2 Å². The first-order chi connectivity index (χ1) is 8.69. The zero-order valence-electron chi connectivity index (χ0n) is 12.0. The molecule has 0 saturated carbocycles. The van der Waals surface area contributed by atoms with Crippen LogP contribution in [-0.4, -0.2) is 22.9 Å². The summed E-state index contributed by atoms with van der Waals surface area (Å²) in [6.45, 7) is 8.56. The molecule has 0 heterocycles. The highest BCUT2D eigenvalue weighted by molar-refractivity contribution is 6.21. The fourth-order valence-electron chi connectivity index (χ4n) is 1.84. The number of carbonyl (C=O) groups excluding carboxylic acids is 1. The maximum atomic E-state index is 11.9. The summed E-state index contributed by atoms with van der Waals surface area (Å²) in [5.74, 6) is 0.0298. The van der Waals surface area contributed by atoms with Gasteiger partial charge in [-0.25, -0.2) is 0 Å². The number of phenolic OH excluding ortho intramolecular Hbond substituents is 1. The number of rotatable bonds is 4. The fraction of sp³-hybridized carbons (Fsp3) is 0.533. The van der Waals surface area contributed by atoms with Crippen LogP contribution in [0, 0.1) is 12.3 Å². The summed E-state index contributed by atoms with van der Waals surface area (Å²) in [7, 11) is 0. The average Bonchev–Trinajstić information content (AvgIpc) is 2.27. The Morgan fingerprint density at radius 1 is 1.42 bits per heavy atom. The van der Waals surface area contributed by atoms with Gasteiger partial charge in [0.2, 0.25) is 0 Å². The lowest BCUT2D eigenvalue weighted by molar-refractivity contribution is 0.0952. The van der Waals surface area contributed by atoms with E-state index in [1.807, 2.05) is 0 Å². The molecule has 1 amide bonds. The molecule has 0 fully saturated rings. The standard InChI is InChI=1S/C15H22ClNO2/c1-10-7-11(5-6-13(10)18)14(19)17-9-12(16)8-15(2,3)4/h5-7,12,18H,8-9H2,1-4H3,(H,17,19). The highest BCUT2D eigenvalue weighted by Crippen LogP contribution is 2.23. The molecule has 1 unspecified atom stereocenters. The van der Waals surface area contributed by atoms with Crippen LogP contribution < -0.4 is 5.32 Å². The number of halogens is 1. The van der Waals surface area contributed by atoms with Gasteiger partial charge in [0, 0.05) is 12.1 Å². The third kappa shape index (κ3) is 5.52. The fourth-order valence-corrected chi connectivity index (χ4v) is 2.38. The predicted molar refractivity (Wildman–Crippen MR) is 78.9 cm³/mol. The Hall–Kier alpha value is -1.22. The normalized spacial score (nSPS) is 13.1. The van der Waals surface area contributed by atoms with Crippen molar-refractivity contribution in [3.8, 4) is 5.75 Å². The summed E-state index contributed by atoms with van der Waals surface area (Å²) in [5, 5.41) is 12.2. The van der Waals surface area contributed by atoms with Gasteiger partial charge in [-0.3, -0.25) is 4.79 Å². The Labute approximate surface area is 120 Å². The Bertz CT molecular complexity index is 452. The van der Waals surface area contributed by atoms with Crippen molar-refractivity contribution in [2.45, 2.75) is 39.5 Å². The first-order valence-electron chi connectivity index (χ1n) is 6.41. The molecule has 106 valence electrons. The third-order valence-corrected chi connectivity index (χ3v) is 3.09. The van der Waals surface area contributed by atoms with Crippen LogP contribution in [0.5, 0.6) is 5.75 Å². The number of amides is 1. The Morgan fingerprint density at radius 2 is 2.05 bits per heavy atom. The summed E-state index contributed by atoms with van der Waals surface area (Å²) in [6.07, 6.45) is 0.837. The zero-order chi connectivity index (χ0) is 14.6. The molecule has 0 aliphatic rings. The Balaban J connectivity index is 2.53. The minimum Gasteiger partial charge on any atom is -0.508 e. The van der Waals surface area contributed by atoms with Gasteiger partial charge in [-0.05, 0) is 42.5 Å². The van der Waals surface area contributed by atoms with Crippen molar-refractivity contribution in [2.24, 2.45) is 5.41 Å². The van der Waals surface area contributed by atoms with Crippen molar-refractivity contribution in [2.75, 3.05) is 6.54 Å². The lowest BCUT2D eigenvalue weighted by atomic mass is 9.90. The second-order valence-corrected chi connectivity index (χ2v) is 6.69. The second-order valence-electron chi connectivity index (χ2n) is 6.07. The summed E-state index contributed by atoms with van der Waals surface area (Å²) < 4.78 is 0. The van der Waals surface area contributed by atoms with Gasteiger partial charge >= 0.3 is 0 Å². The smallest absolute Gasteiger partial charge is 0.251 e. The van der Waals surface area contributed by atoms with Crippen molar-refractivity contribution in [1.82, 2.24) is 5.32 Å². The molecule has 2 N–H and O–H groups in total. The van der Waals surface area contributed by atoms with Gasteiger partial charge in [-0.15, -0.1) is 11.6 Å². The van der Waals surface area contributed by atoms with Crippen molar-refractivity contribution in [3.05, 3.63) is 29.3 Å². The molecule has 1 rings (SSSR count). The topological polar surface area (TPSA) is 49.3 Å². The van der Waals surface area contributed by atoms with E-state index in [1.54, 1.807) is 19.1 Å². The molecule has 0 radical (unpaired) electrons. The largest absolute Gasteiger partial charge is 0.508 e. The van der Waals surface area contributed by atoms with E-state index in [1.165, 1.54) is 6.07 Å². The highest BCUT2D eigenvalue weighted by Gasteiger charge is 2.17. The van der Waals surface area contributed by atoms with Crippen molar-refractivity contribution >= 4 is 17.5 Å². The van der Waals surface area contributed by atoms with E-state index in [4.69, 9.17) is 11.6 Å². The third-order valence-electron chi connectivity index (χ3n) is 2.78. The maximum Gasteiger partial charge on any atom is 0.251 e. The summed E-state index contributed by atoms with van der Waals surface area (Å²) in [5.41, 5.74) is 1.37. The van der Waals surface area contributed by atoms with Crippen LogP contribution in [0.3, 0.4) is 0 Å². The molecule has 19 heavy (non-hydrogen) atoms. The van der Waals surface area contributed by atoms with Gasteiger partial charge in [0.05, 0.1) is 5.38 Å². The molecule has 1 atom stereocenters. The van der Waals surface area contributed by atoms with E-state index in [9.17, 15) is 9.90 Å². The number of aryl methyl sites for hydroxylation is 1. The van der Waals surface area contributed by atoms with Crippen molar-refractivity contribution in [3.63, 3.8) is 0 Å². The summed E-state index contributed by atoms with van der Waals surface area (Å²) >= 11 is 6.20. The van der Waals surface area contributed by atoms with Crippen LogP contribution in [0.25, 0.3) is 0 Å². The quantitative estimate of drug-likeness (QED) is 0.831. The highest BCUT2D eigenvalue weighted by atomic mass is 35.5. The van der Waals surface area contributed by atoms with Crippen LogP contribution in [0.4, 0.5) is 0 Å². The summed E-state index contributed by atoms with van der Waals surface area (Å²) in [4.78, 5) is 11.9. The Morgan fingerprint density at radius 3 is 2.58 bits per heavy atom. The maximum absolute atomic E-state index is 11.9. The number of carbonyl (C=O) groups is 1. The molecular weight excluding hydrogens is 262 g/mol. The SMILES string of the molecule is Cc1cc(C(=O)NCC(Cl)CC(C)(C)C)ccc1O. The number of aromatic hydroxyl groups is 1. The van der Waals surface area contributed by atoms with E-state index in [-0.39, 0.29) is 22.4 Å². The number of nitrogens with one attached hydrogen (secondary N) is 1. The predicted octanol–water partition coefficient (Wildman–Crippen LogP) is 3.47. The van der Waals surface area contributed by atoms with Gasteiger partial charge in [0.1, 0.15) is 5.75 Å². The van der Waals surface area contributed by atoms with E-state index < -0.39 is 0 Å². The number of phenols is 1. The van der Waals surface area contributed by atoms with Gasteiger partial charge in [0.15, 0.2) is 0 Å². The van der Waals surface area contributed by atoms with Crippen LogP contribution in [0.1, 0.15) is 43.1 Å². The van der Waals surface area contributed by atoms with Crippen LogP contribution >= 0.6 is 11.6 Å². The number of benzene rings is 1. The number of hydrogen-bond acceptors (Lipinski definition) is 2. The average molecular weight is 284 g/mol. The molecule has 1 aromatic carbocycles. The van der Waals surface area contributed by atoms with Gasteiger partial charge < -0.3 is 10.4 Å². The first-order valence-corrected chi connectivity index (χ1v) is 6.84. The zero-order valence-corrected chi connectivity index (χ0v) is 12.7. The van der Waals surface area contributed by atoms with Crippen molar-refractivity contribution in [1.29, 1.82) is 0 Å². The lowest BCUT2D eigenvalue weighted by Gasteiger charge is -2.22. The molecule has 3 nitrogen and oxygen atoms in total. The van der Waals surface area contributed by atoms with Crippen LogP contribution in [0.2, 0.25) is 0 Å². The molecular formula is C15H22ClNO2. The molecule has 0 aliphatic heterocycles. The number of hydrogen-bond donors (Lipinski definition) is 2. The lowest BCUT2D eigenvalue weighted by Crippen LogP contribution is -2.31. The molecule has 0 saturated heterocycles. The summed E-state index contributed by atoms with van der Waals surface area (Å²) in [6, 6.07) is 4.79. The van der Waals surface area contributed by atoms with Crippen molar-refractivity contribution < 1.29 is 9.90 Å².